The van der Waals surface area contributed by atoms with E-state index in [0.29, 0.717) is 6.42 Å². The number of alkyl halides is 3. The second-order valence-electron chi connectivity index (χ2n) is 3.63. The normalized spacial score (nSPS) is 24.2. The summed E-state index contributed by atoms with van der Waals surface area (Å²) in [6, 6.07) is -0.501. The number of carbonyl (C=O) groups is 2. The first kappa shape index (κ1) is 14.6. The van der Waals surface area contributed by atoms with Crippen LogP contribution < -0.4 is 5.32 Å². The van der Waals surface area contributed by atoms with Crippen LogP contribution in [0.4, 0.5) is 0 Å². The number of halogens is 3. The van der Waals surface area contributed by atoms with Crippen molar-refractivity contribution in [1.82, 2.24) is 5.32 Å². The third kappa shape index (κ3) is 4.05. The molecule has 0 aromatic rings. The molecule has 7 heteroatoms. The number of hydrogen-bond acceptors (Lipinski definition) is 3. The van der Waals surface area contributed by atoms with Gasteiger partial charge in [0, 0.05) is 0 Å². The van der Waals surface area contributed by atoms with Gasteiger partial charge >= 0.3 is 5.97 Å². The minimum atomic E-state index is -2.04. The van der Waals surface area contributed by atoms with Crippen molar-refractivity contribution in [3.63, 3.8) is 0 Å². The molecule has 0 bridgehead atoms. The monoisotopic (exact) mass is 299 g/mol. The molecule has 0 aromatic heterocycles. The van der Waals surface area contributed by atoms with Gasteiger partial charge in [0.1, 0.15) is 0 Å². The van der Waals surface area contributed by atoms with Crippen molar-refractivity contribution in [2.75, 3.05) is 7.11 Å². The molecule has 1 aliphatic carbocycles. The summed E-state index contributed by atoms with van der Waals surface area (Å²) < 4.78 is 2.63. The van der Waals surface area contributed by atoms with Crippen LogP contribution in [0.1, 0.15) is 12.8 Å². The van der Waals surface area contributed by atoms with Crippen LogP contribution in [0.2, 0.25) is 0 Å². The first-order valence-corrected chi connectivity index (χ1v) is 6.12. The average Bonchev–Trinajstić information content (AvgIpc) is 2.27. The zero-order valence-corrected chi connectivity index (χ0v) is 11.4. The summed E-state index contributed by atoms with van der Waals surface area (Å²) in [7, 11) is 1.30. The van der Waals surface area contributed by atoms with Crippen LogP contribution >= 0.6 is 34.8 Å². The number of nitrogens with one attached hydrogen (secondary N) is 1. The predicted octanol–water partition coefficient (Wildman–Crippen LogP) is 1.98. The molecule has 1 rings (SSSR count). The first-order valence-electron chi connectivity index (χ1n) is 4.98. The highest BCUT2D eigenvalue weighted by molar-refractivity contribution is 6.76. The van der Waals surface area contributed by atoms with Gasteiger partial charge in [-0.2, -0.15) is 0 Å². The average molecular weight is 301 g/mol. The molecule has 0 radical (unpaired) electrons. The van der Waals surface area contributed by atoms with Gasteiger partial charge in [0.2, 0.25) is 0 Å². The highest BCUT2D eigenvalue weighted by atomic mass is 35.6. The van der Waals surface area contributed by atoms with E-state index < -0.39 is 21.7 Å². The third-order valence-electron chi connectivity index (χ3n) is 2.48. The third-order valence-corrected chi connectivity index (χ3v) is 3.00. The quantitative estimate of drug-likeness (QED) is 0.482. The smallest absolute Gasteiger partial charge is 0.311 e. The number of methoxy groups -OCH3 is 1. The van der Waals surface area contributed by atoms with Crippen molar-refractivity contribution < 1.29 is 14.3 Å². The number of esters is 1. The molecular weight excluding hydrogens is 288 g/mol. The molecule has 0 aromatic carbocycles. The van der Waals surface area contributed by atoms with Crippen molar-refractivity contribution in [1.29, 1.82) is 0 Å². The van der Waals surface area contributed by atoms with Gasteiger partial charge < -0.3 is 10.1 Å². The van der Waals surface area contributed by atoms with Gasteiger partial charge in [-0.25, -0.2) is 0 Å². The summed E-state index contributed by atoms with van der Waals surface area (Å²) in [6.45, 7) is 0. The topological polar surface area (TPSA) is 55.4 Å². The summed E-state index contributed by atoms with van der Waals surface area (Å²) >= 11 is 16.3. The molecule has 0 unspecified atom stereocenters. The number of rotatable bonds is 2. The minimum Gasteiger partial charge on any atom is -0.469 e. The number of amides is 1. The van der Waals surface area contributed by atoms with Crippen molar-refractivity contribution in [2.24, 2.45) is 5.92 Å². The highest BCUT2D eigenvalue weighted by Crippen LogP contribution is 2.27. The molecule has 0 heterocycles. The van der Waals surface area contributed by atoms with E-state index in [4.69, 9.17) is 34.8 Å². The van der Waals surface area contributed by atoms with Crippen LogP contribution in [0.15, 0.2) is 12.2 Å². The van der Waals surface area contributed by atoms with E-state index >= 15 is 0 Å². The van der Waals surface area contributed by atoms with Gasteiger partial charge in [0.05, 0.1) is 19.1 Å². The predicted molar refractivity (Wildman–Crippen MR) is 66.1 cm³/mol. The Morgan fingerprint density at radius 2 is 2.06 bits per heavy atom. The van der Waals surface area contributed by atoms with Crippen LogP contribution in [0.25, 0.3) is 0 Å². The van der Waals surface area contributed by atoms with Gasteiger partial charge in [0.25, 0.3) is 9.70 Å². The summed E-state index contributed by atoms with van der Waals surface area (Å²) in [4.78, 5) is 23.0. The van der Waals surface area contributed by atoms with Gasteiger partial charge in [-0.15, -0.1) is 0 Å². The summed E-state index contributed by atoms with van der Waals surface area (Å²) in [5, 5.41) is 2.50. The lowest BCUT2D eigenvalue weighted by molar-refractivity contribution is -0.146. The van der Waals surface area contributed by atoms with Crippen molar-refractivity contribution in [3.8, 4) is 0 Å². The summed E-state index contributed by atoms with van der Waals surface area (Å²) in [6.07, 6.45) is 4.91. The second-order valence-corrected chi connectivity index (χ2v) is 5.91. The van der Waals surface area contributed by atoms with Crippen LogP contribution in [0.5, 0.6) is 0 Å². The molecule has 0 saturated carbocycles. The Balaban J connectivity index is 2.73. The van der Waals surface area contributed by atoms with Crippen molar-refractivity contribution in [2.45, 2.75) is 22.7 Å². The molecule has 4 nitrogen and oxygen atoms in total. The van der Waals surface area contributed by atoms with E-state index in [1.165, 1.54) is 7.11 Å². The fourth-order valence-electron chi connectivity index (χ4n) is 1.63. The van der Waals surface area contributed by atoms with E-state index in [-0.39, 0.29) is 5.97 Å². The maximum atomic E-state index is 11.5. The summed E-state index contributed by atoms with van der Waals surface area (Å²) in [5.41, 5.74) is 0. The van der Waals surface area contributed by atoms with Gasteiger partial charge in [-0.1, -0.05) is 47.0 Å². The van der Waals surface area contributed by atoms with Crippen LogP contribution in [-0.4, -0.2) is 28.8 Å². The maximum Gasteiger partial charge on any atom is 0.311 e. The highest BCUT2D eigenvalue weighted by Gasteiger charge is 2.36. The number of ether oxygens (including phenoxy) is 1. The Bertz CT molecular complexity index is 338. The molecule has 1 aliphatic rings. The lowest BCUT2D eigenvalue weighted by atomic mass is 9.89. The fraction of sp³-hybridized carbons (Fsp3) is 0.600. The molecule has 1 amide bonds. The molecule has 2 atom stereocenters. The Morgan fingerprint density at radius 3 is 2.59 bits per heavy atom. The molecule has 0 spiro atoms. The zero-order chi connectivity index (χ0) is 13.1. The molecule has 17 heavy (non-hydrogen) atoms. The Morgan fingerprint density at radius 1 is 1.41 bits per heavy atom. The zero-order valence-electron chi connectivity index (χ0n) is 9.08. The largest absolute Gasteiger partial charge is 0.469 e. The SMILES string of the molecule is COC(=O)[C@@H]1CCC=C[C@H]1NC(=O)C(Cl)(Cl)Cl. The van der Waals surface area contributed by atoms with Gasteiger partial charge in [-0.05, 0) is 12.8 Å². The Hall–Kier alpha value is -0.450. The lowest BCUT2D eigenvalue weighted by Crippen LogP contribution is -2.47. The van der Waals surface area contributed by atoms with Crippen LogP contribution in [0, 0.1) is 5.92 Å². The molecule has 0 aliphatic heterocycles. The Labute approximate surface area is 114 Å². The van der Waals surface area contributed by atoms with Gasteiger partial charge in [-0.3, -0.25) is 9.59 Å². The molecule has 96 valence electrons. The molecule has 1 N–H and O–H groups in total. The van der Waals surface area contributed by atoms with E-state index in [9.17, 15) is 9.59 Å². The van der Waals surface area contributed by atoms with Crippen molar-refractivity contribution >= 4 is 46.7 Å². The first-order chi connectivity index (χ1) is 7.86. The fourth-order valence-corrected chi connectivity index (χ4v) is 1.79. The maximum absolute atomic E-state index is 11.5. The molecule has 0 fully saturated rings. The number of hydrogen-bond donors (Lipinski definition) is 1. The lowest BCUT2D eigenvalue weighted by Gasteiger charge is -2.27. The second kappa shape index (κ2) is 5.94. The molecule has 0 saturated heterocycles. The van der Waals surface area contributed by atoms with Gasteiger partial charge in [0.15, 0.2) is 0 Å². The number of carbonyl (C=O) groups excluding carboxylic acids is 2. The van der Waals surface area contributed by atoms with E-state index in [1.807, 2.05) is 6.08 Å². The van der Waals surface area contributed by atoms with E-state index in [1.54, 1.807) is 6.08 Å². The standard InChI is InChI=1S/C10H12Cl3NO3/c1-17-8(15)6-4-2-3-5-7(6)14-9(16)10(11,12)13/h3,5-7H,2,4H2,1H3,(H,14,16)/t6-,7-/m1/s1. The minimum absolute atomic E-state index is 0.385. The van der Waals surface area contributed by atoms with Crippen LogP contribution in [0.3, 0.4) is 0 Å². The Kier molecular flexibility index (Phi) is 5.10. The number of allylic oxidation sites excluding steroid dienone is 1. The van der Waals surface area contributed by atoms with E-state index in [2.05, 4.69) is 10.1 Å². The molecular formula is C10H12Cl3NO3. The van der Waals surface area contributed by atoms with Crippen molar-refractivity contribution in [3.05, 3.63) is 12.2 Å². The summed E-state index contributed by atoms with van der Waals surface area (Å²) in [5.74, 6) is -1.58. The van der Waals surface area contributed by atoms with Crippen LogP contribution in [-0.2, 0) is 14.3 Å². The van der Waals surface area contributed by atoms with E-state index in [0.717, 1.165) is 6.42 Å².